The number of carbonyl (C=O) groups excluding carboxylic acids is 1. The van der Waals surface area contributed by atoms with Crippen molar-refractivity contribution in [2.24, 2.45) is 10.7 Å². The molecule has 2 aromatic carbocycles. The summed E-state index contributed by atoms with van der Waals surface area (Å²) < 4.78 is 5.94. The molecule has 7 heteroatoms. The van der Waals surface area contributed by atoms with Crippen LogP contribution in [0.3, 0.4) is 0 Å². The Kier molecular flexibility index (Phi) is 7.08. The summed E-state index contributed by atoms with van der Waals surface area (Å²) in [6, 6.07) is 16.0. The van der Waals surface area contributed by atoms with Crippen molar-refractivity contribution >= 4 is 22.8 Å². The van der Waals surface area contributed by atoms with Crippen LogP contribution in [0.25, 0.3) is 10.9 Å². The summed E-state index contributed by atoms with van der Waals surface area (Å²) in [5.41, 5.74) is 9.15. The van der Waals surface area contributed by atoms with Gasteiger partial charge in [0.1, 0.15) is 18.1 Å². The standard InChI is InChI=1S/C23H29N5O2/c1-4-28(5-2)14-16-6-8-17(9-7-16)15-30-19-11-10-18-12-21(26-20(18)13-19)22(29)27-23(24)25-3/h6-13,26H,4-5,14-15H2,1-3H3,(H3,24,25,27,29). The van der Waals surface area contributed by atoms with E-state index < -0.39 is 5.91 Å². The van der Waals surface area contributed by atoms with Gasteiger partial charge in [0.05, 0.1) is 0 Å². The lowest BCUT2D eigenvalue weighted by atomic mass is 10.1. The summed E-state index contributed by atoms with van der Waals surface area (Å²) in [7, 11) is 1.61. The highest BCUT2D eigenvalue weighted by atomic mass is 16.5. The van der Waals surface area contributed by atoms with Gasteiger partial charge >= 0.3 is 0 Å². The van der Waals surface area contributed by atoms with Crippen LogP contribution in [0.4, 0.5) is 0 Å². The minimum Gasteiger partial charge on any atom is -0.489 e. The predicted molar refractivity (Wildman–Crippen MR) is 121 cm³/mol. The number of nitrogens with one attached hydrogen (secondary N) is 2. The minimum atomic E-state index is -0.426. The molecule has 0 spiro atoms. The SMILES string of the molecule is CCN(CC)Cc1ccc(COc2ccc3cc(C(=O)N=C(N)NC)[nH]c3c2)cc1. The number of aromatic amines is 1. The Morgan fingerprint density at radius 3 is 2.47 bits per heavy atom. The average molecular weight is 408 g/mol. The van der Waals surface area contributed by atoms with Crippen LogP contribution in [0, 0.1) is 0 Å². The highest BCUT2D eigenvalue weighted by molar-refractivity contribution is 6.04. The fourth-order valence-electron chi connectivity index (χ4n) is 3.15. The van der Waals surface area contributed by atoms with Gasteiger partial charge in [0.15, 0.2) is 5.96 Å². The van der Waals surface area contributed by atoms with Gasteiger partial charge in [-0.05, 0) is 42.4 Å². The van der Waals surface area contributed by atoms with E-state index in [-0.39, 0.29) is 5.96 Å². The lowest BCUT2D eigenvalue weighted by molar-refractivity contribution is 0.0998. The molecule has 30 heavy (non-hydrogen) atoms. The summed E-state index contributed by atoms with van der Waals surface area (Å²) in [4.78, 5) is 21.4. The molecule has 7 nitrogen and oxygen atoms in total. The maximum atomic E-state index is 12.1. The van der Waals surface area contributed by atoms with Crippen LogP contribution in [0.15, 0.2) is 53.5 Å². The Labute approximate surface area is 176 Å². The van der Waals surface area contributed by atoms with Gasteiger partial charge < -0.3 is 20.8 Å². The van der Waals surface area contributed by atoms with Crippen LogP contribution in [0.1, 0.15) is 35.5 Å². The maximum Gasteiger partial charge on any atom is 0.296 e. The molecule has 0 unspecified atom stereocenters. The third-order valence-electron chi connectivity index (χ3n) is 5.03. The molecule has 1 amide bonds. The summed E-state index contributed by atoms with van der Waals surface area (Å²) in [6.45, 7) is 7.89. The van der Waals surface area contributed by atoms with Crippen molar-refractivity contribution in [3.63, 3.8) is 0 Å². The summed E-state index contributed by atoms with van der Waals surface area (Å²) in [5.74, 6) is 0.380. The Bertz CT molecular complexity index is 1020. The largest absolute Gasteiger partial charge is 0.489 e. The van der Waals surface area contributed by atoms with Crippen molar-refractivity contribution in [1.29, 1.82) is 0 Å². The molecule has 0 fully saturated rings. The lowest BCUT2D eigenvalue weighted by Crippen LogP contribution is -2.28. The van der Waals surface area contributed by atoms with Crippen LogP contribution in [-0.2, 0) is 13.2 Å². The van der Waals surface area contributed by atoms with Gasteiger partial charge in [0.2, 0.25) is 0 Å². The number of benzene rings is 2. The second-order valence-corrected chi connectivity index (χ2v) is 7.05. The molecule has 1 aromatic heterocycles. The summed E-state index contributed by atoms with van der Waals surface area (Å²) in [6.07, 6.45) is 0. The Morgan fingerprint density at radius 1 is 1.10 bits per heavy atom. The zero-order chi connectivity index (χ0) is 21.5. The molecule has 0 saturated heterocycles. The van der Waals surface area contributed by atoms with E-state index in [9.17, 15) is 4.79 Å². The van der Waals surface area contributed by atoms with E-state index in [0.717, 1.165) is 41.9 Å². The van der Waals surface area contributed by atoms with Crippen molar-refractivity contribution < 1.29 is 9.53 Å². The van der Waals surface area contributed by atoms with Crippen molar-refractivity contribution in [2.45, 2.75) is 27.0 Å². The first-order valence-corrected chi connectivity index (χ1v) is 10.1. The molecule has 0 aliphatic rings. The Morgan fingerprint density at radius 2 is 1.80 bits per heavy atom. The first-order chi connectivity index (χ1) is 14.5. The smallest absolute Gasteiger partial charge is 0.296 e. The van der Waals surface area contributed by atoms with Crippen LogP contribution >= 0.6 is 0 Å². The molecule has 0 radical (unpaired) electrons. The number of H-pyrrole nitrogens is 1. The third-order valence-corrected chi connectivity index (χ3v) is 5.03. The quantitative estimate of drug-likeness (QED) is 0.393. The second-order valence-electron chi connectivity index (χ2n) is 7.05. The number of aromatic nitrogens is 1. The van der Waals surface area contributed by atoms with Crippen LogP contribution in [0.5, 0.6) is 5.75 Å². The molecule has 3 rings (SSSR count). The number of nitrogens with zero attached hydrogens (tertiary/aromatic N) is 2. The summed E-state index contributed by atoms with van der Waals surface area (Å²) in [5, 5.41) is 3.54. The van der Waals surface area contributed by atoms with E-state index in [2.05, 4.69) is 58.3 Å². The van der Waals surface area contributed by atoms with E-state index in [4.69, 9.17) is 10.5 Å². The third kappa shape index (κ3) is 5.39. The molecule has 4 N–H and O–H groups in total. The molecule has 3 aromatic rings. The molecular formula is C23H29N5O2. The number of guanidine groups is 1. The molecular weight excluding hydrogens is 378 g/mol. The molecule has 0 aliphatic carbocycles. The highest BCUT2D eigenvalue weighted by Gasteiger charge is 2.10. The number of hydrogen-bond donors (Lipinski definition) is 3. The number of ether oxygens (including phenoxy) is 1. The first-order valence-electron chi connectivity index (χ1n) is 10.1. The van der Waals surface area contributed by atoms with E-state index in [1.54, 1.807) is 13.1 Å². The lowest BCUT2D eigenvalue weighted by Gasteiger charge is -2.18. The van der Waals surface area contributed by atoms with Gasteiger partial charge in [0.25, 0.3) is 5.91 Å². The Balaban J connectivity index is 1.64. The highest BCUT2D eigenvalue weighted by Crippen LogP contribution is 2.23. The zero-order valence-electron chi connectivity index (χ0n) is 17.7. The Hall–Kier alpha value is -3.32. The number of carbonyl (C=O) groups is 1. The number of fused-ring (bicyclic) bond motifs is 1. The first kappa shape index (κ1) is 21.4. The van der Waals surface area contributed by atoms with Crippen molar-refractivity contribution in [3.8, 4) is 5.75 Å². The van der Waals surface area contributed by atoms with E-state index in [1.165, 1.54) is 5.56 Å². The summed E-state index contributed by atoms with van der Waals surface area (Å²) >= 11 is 0. The van der Waals surface area contributed by atoms with Gasteiger partial charge in [-0.25, -0.2) is 0 Å². The van der Waals surface area contributed by atoms with Crippen molar-refractivity contribution in [3.05, 3.63) is 65.4 Å². The fraction of sp³-hybridized carbons (Fsp3) is 0.304. The van der Waals surface area contributed by atoms with Crippen LogP contribution < -0.4 is 15.8 Å². The number of aliphatic imine (C=N–C) groups is 1. The minimum absolute atomic E-state index is 0.0748. The molecule has 0 aliphatic heterocycles. The van der Waals surface area contributed by atoms with Gasteiger partial charge in [-0.3, -0.25) is 9.69 Å². The average Bonchev–Trinajstić information content (AvgIpc) is 3.20. The molecule has 1 heterocycles. The number of hydrogen-bond acceptors (Lipinski definition) is 3. The second kappa shape index (κ2) is 9.93. The number of rotatable bonds is 8. The zero-order valence-corrected chi connectivity index (χ0v) is 17.7. The topological polar surface area (TPSA) is 95.7 Å². The van der Waals surface area contributed by atoms with E-state index in [1.807, 2.05) is 18.2 Å². The molecule has 0 bridgehead atoms. The molecule has 158 valence electrons. The maximum absolute atomic E-state index is 12.1. The van der Waals surface area contributed by atoms with Gasteiger partial charge in [-0.2, -0.15) is 4.99 Å². The van der Waals surface area contributed by atoms with E-state index >= 15 is 0 Å². The van der Waals surface area contributed by atoms with Crippen molar-refractivity contribution in [2.75, 3.05) is 20.1 Å². The fourth-order valence-corrected chi connectivity index (χ4v) is 3.15. The molecule has 0 saturated carbocycles. The number of amides is 1. The van der Waals surface area contributed by atoms with Crippen molar-refractivity contribution in [1.82, 2.24) is 15.2 Å². The van der Waals surface area contributed by atoms with E-state index in [0.29, 0.717) is 12.3 Å². The number of nitrogens with two attached hydrogens (primary N) is 1. The predicted octanol–water partition coefficient (Wildman–Crippen LogP) is 3.26. The van der Waals surface area contributed by atoms with Crippen LogP contribution in [0.2, 0.25) is 0 Å². The van der Waals surface area contributed by atoms with Gasteiger partial charge in [-0.15, -0.1) is 0 Å². The normalized spacial score (nSPS) is 11.8. The monoisotopic (exact) mass is 407 g/mol. The van der Waals surface area contributed by atoms with Crippen LogP contribution in [-0.4, -0.2) is 41.9 Å². The van der Waals surface area contributed by atoms with Gasteiger partial charge in [0, 0.05) is 30.6 Å². The molecule has 0 atom stereocenters. The van der Waals surface area contributed by atoms with Gasteiger partial charge in [-0.1, -0.05) is 38.1 Å².